The Kier molecular flexibility index (Phi) is 7.46. The lowest BCUT2D eigenvalue weighted by Gasteiger charge is -2.31. The smallest absolute Gasteiger partial charge is 0.342 e. The summed E-state index contributed by atoms with van der Waals surface area (Å²) < 4.78 is 10.4. The number of nitrogens with two attached hydrogens (primary N) is 1. The van der Waals surface area contributed by atoms with Crippen molar-refractivity contribution < 1.29 is 23.5 Å². The molecule has 1 fully saturated rings. The molecule has 166 valence electrons. The van der Waals surface area contributed by atoms with Crippen molar-refractivity contribution in [3.05, 3.63) is 52.8 Å². The Balaban J connectivity index is 1.57. The first-order valence-electron chi connectivity index (χ1n) is 10.6. The van der Waals surface area contributed by atoms with E-state index in [0.717, 1.165) is 32.4 Å². The normalized spacial score (nSPS) is 14.9. The van der Waals surface area contributed by atoms with Crippen LogP contribution in [0.5, 0.6) is 0 Å². The molecule has 2 heterocycles. The third kappa shape index (κ3) is 5.73. The van der Waals surface area contributed by atoms with E-state index in [2.05, 4.69) is 34.5 Å². The van der Waals surface area contributed by atoms with Crippen molar-refractivity contribution in [1.82, 2.24) is 4.90 Å². The van der Waals surface area contributed by atoms with Crippen molar-refractivity contribution in [2.45, 2.75) is 33.1 Å². The molecule has 31 heavy (non-hydrogen) atoms. The summed E-state index contributed by atoms with van der Waals surface area (Å²) in [4.78, 5) is 38.7. The van der Waals surface area contributed by atoms with Crippen molar-refractivity contribution in [3.8, 4) is 0 Å². The Morgan fingerprint density at radius 1 is 1.16 bits per heavy atom. The minimum atomic E-state index is -0.864. The van der Waals surface area contributed by atoms with Gasteiger partial charge in [-0.3, -0.25) is 19.8 Å². The summed E-state index contributed by atoms with van der Waals surface area (Å²) in [7, 11) is 0. The van der Waals surface area contributed by atoms with Gasteiger partial charge in [-0.2, -0.15) is 0 Å². The number of rotatable bonds is 8. The molecule has 1 aromatic carbocycles. The van der Waals surface area contributed by atoms with Crippen LogP contribution in [-0.4, -0.2) is 48.9 Å². The number of hydrogen-bond acceptors (Lipinski definition) is 6. The lowest BCUT2D eigenvalue weighted by molar-refractivity contribution is -0.117. The Morgan fingerprint density at radius 3 is 2.45 bits per heavy atom. The van der Waals surface area contributed by atoms with Crippen LogP contribution < -0.4 is 11.1 Å². The van der Waals surface area contributed by atoms with Gasteiger partial charge in [0.15, 0.2) is 0 Å². The number of hydrogen-bond donors (Lipinski definition) is 2. The molecule has 3 rings (SSSR count). The van der Waals surface area contributed by atoms with Gasteiger partial charge in [0.25, 0.3) is 5.91 Å². The van der Waals surface area contributed by atoms with Crippen molar-refractivity contribution in [3.63, 3.8) is 0 Å². The molecule has 0 unspecified atom stereocenters. The zero-order valence-electron chi connectivity index (χ0n) is 18.0. The molecule has 0 aliphatic carbocycles. The third-order valence-electron chi connectivity index (χ3n) is 5.50. The van der Waals surface area contributed by atoms with Crippen LogP contribution >= 0.6 is 0 Å². The number of nitrogens with zero attached hydrogens (tertiary/aromatic N) is 1. The second kappa shape index (κ2) is 10.3. The van der Waals surface area contributed by atoms with Crippen LogP contribution in [-0.2, 0) is 16.0 Å². The number of esters is 1. The number of anilines is 1. The molecule has 3 N–H and O–H groups in total. The van der Waals surface area contributed by atoms with Crippen LogP contribution in [0.25, 0.3) is 0 Å². The number of benzene rings is 1. The van der Waals surface area contributed by atoms with Crippen molar-refractivity contribution in [2.75, 3.05) is 31.6 Å². The monoisotopic (exact) mass is 427 g/mol. The molecule has 2 amide bonds. The Hall–Kier alpha value is -3.13. The summed E-state index contributed by atoms with van der Waals surface area (Å²) in [5, 5.41) is 2.59. The van der Waals surface area contributed by atoms with Gasteiger partial charge in [0.05, 0.1) is 13.2 Å². The number of likely N-dealkylation sites (tertiary alicyclic amines) is 1. The van der Waals surface area contributed by atoms with Gasteiger partial charge in [0, 0.05) is 0 Å². The molecule has 1 aliphatic heterocycles. The number of primary amides is 1. The van der Waals surface area contributed by atoms with Crippen LogP contribution in [0.3, 0.4) is 0 Å². The van der Waals surface area contributed by atoms with Crippen molar-refractivity contribution in [2.24, 2.45) is 11.7 Å². The molecule has 1 aliphatic rings. The van der Waals surface area contributed by atoms with Crippen LogP contribution in [0.2, 0.25) is 0 Å². The van der Waals surface area contributed by atoms with Crippen LogP contribution in [0, 0.1) is 12.8 Å². The molecule has 2 aromatic rings. The minimum Gasteiger partial charge on any atom is -0.462 e. The van der Waals surface area contributed by atoms with Crippen molar-refractivity contribution in [1.29, 1.82) is 0 Å². The summed E-state index contributed by atoms with van der Waals surface area (Å²) in [6, 6.07) is 10.4. The molecule has 0 saturated carbocycles. The molecule has 8 nitrogen and oxygen atoms in total. The highest BCUT2D eigenvalue weighted by molar-refractivity contribution is 6.10. The predicted molar refractivity (Wildman–Crippen MR) is 116 cm³/mol. The lowest BCUT2D eigenvalue weighted by Crippen LogP contribution is -2.39. The number of ether oxygens (including phenoxy) is 1. The topological polar surface area (TPSA) is 115 Å². The molecule has 0 atom stereocenters. The van der Waals surface area contributed by atoms with Gasteiger partial charge in [-0.15, -0.1) is 0 Å². The van der Waals surface area contributed by atoms with Crippen LogP contribution in [0.15, 0.2) is 34.7 Å². The average Bonchev–Trinajstić information content (AvgIpc) is 3.06. The highest BCUT2D eigenvalue weighted by Gasteiger charge is 2.29. The Morgan fingerprint density at radius 2 is 1.84 bits per heavy atom. The van der Waals surface area contributed by atoms with E-state index in [1.807, 2.05) is 6.07 Å². The highest BCUT2D eigenvalue weighted by atomic mass is 16.5. The zero-order valence-corrected chi connectivity index (χ0v) is 18.0. The number of carbonyl (C=O) groups excluding carboxylic acids is 3. The van der Waals surface area contributed by atoms with E-state index in [1.54, 1.807) is 6.92 Å². The van der Waals surface area contributed by atoms with Gasteiger partial charge in [0.1, 0.15) is 16.9 Å². The van der Waals surface area contributed by atoms with Gasteiger partial charge in [-0.1, -0.05) is 30.3 Å². The first-order chi connectivity index (χ1) is 14.9. The van der Waals surface area contributed by atoms with Gasteiger partial charge in [-0.25, -0.2) is 4.79 Å². The van der Waals surface area contributed by atoms with E-state index in [0.29, 0.717) is 5.92 Å². The molecule has 0 spiro atoms. The minimum absolute atomic E-state index is 0.0497. The SMILES string of the molecule is CCOC(=O)c1c(C)oc(NC(=O)CN2CCC(Cc3ccccc3)CC2)c1C(N)=O. The van der Waals surface area contributed by atoms with Crippen LogP contribution in [0.4, 0.5) is 5.88 Å². The van der Waals surface area contributed by atoms with E-state index in [-0.39, 0.29) is 41.8 Å². The maximum absolute atomic E-state index is 12.6. The van der Waals surface area contributed by atoms with Gasteiger partial charge >= 0.3 is 5.97 Å². The summed E-state index contributed by atoms with van der Waals surface area (Å²) in [5.74, 6) is -1.24. The second-order valence-corrected chi connectivity index (χ2v) is 7.78. The number of carbonyl (C=O) groups is 3. The number of aryl methyl sites for hydroxylation is 1. The summed E-state index contributed by atoms with van der Waals surface area (Å²) in [5.41, 5.74) is 6.56. The molecular formula is C23H29N3O5. The van der Waals surface area contributed by atoms with E-state index in [9.17, 15) is 14.4 Å². The van der Waals surface area contributed by atoms with E-state index < -0.39 is 11.9 Å². The van der Waals surface area contributed by atoms with Crippen molar-refractivity contribution >= 4 is 23.7 Å². The number of furan rings is 1. The fraction of sp³-hybridized carbons (Fsp3) is 0.435. The maximum Gasteiger partial charge on any atom is 0.342 e. The average molecular weight is 428 g/mol. The predicted octanol–water partition coefficient (Wildman–Crippen LogP) is 2.76. The quantitative estimate of drug-likeness (QED) is 0.626. The maximum atomic E-state index is 12.6. The number of nitrogens with one attached hydrogen (secondary N) is 1. The summed E-state index contributed by atoms with van der Waals surface area (Å²) in [6.07, 6.45) is 3.08. The first kappa shape index (κ1) is 22.6. The molecule has 0 radical (unpaired) electrons. The summed E-state index contributed by atoms with van der Waals surface area (Å²) in [6.45, 7) is 5.13. The summed E-state index contributed by atoms with van der Waals surface area (Å²) >= 11 is 0. The van der Waals surface area contributed by atoms with E-state index in [4.69, 9.17) is 14.9 Å². The largest absolute Gasteiger partial charge is 0.462 e. The van der Waals surface area contributed by atoms with Gasteiger partial charge < -0.3 is 14.9 Å². The fourth-order valence-electron chi connectivity index (χ4n) is 3.98. The highest BCUT2D eigenvalue weighted by Crippen LogP contribution is 2.28. The zero-order chi connectivity index (χ0) is 22.4. The van der Waals surface area contributed by atoms with Crippen LogP contribution in [0.1, 0.15) is 51.8 Å². The Bertz CT molecular complexity index is 930. The molecule has 1 saturated heterocycles. The van der Waals surface area contributed by atoms with Gasteiger partial charge in [0.2, 0.25) is 11.8 Å². The standard InChI is InChI=1S/C23H29N3O5/c1-3-30-23(29)19-15(2)31-22(20(19)21(24)28)25-18(27)14-26-11-9-17(10-12-26)13-16-7-5-4-6-8-16/h4-8,17H,3,9-14H2,1-2H3,(H2,24,28)(H,25,27). The number of amides is 2. The molecule has 8 heteroatoms. The lowest BCUT2D eigenvalue weighted by atomic mass is 9.90. The molecular weight excluding hydrogens is 398 g/mol. The van der Waals surface area contributed by atoms with Gasteiger partial charge in [-0.05, 0) is 57.7 Å². The fourth-order valence-corrected chi connectivity index (χ4v) is 3.98. The first-order valence-corrected chi connectivity index (χ1v) is 10.6. The third-order valence-corrected chi connectivity index (χ3v) is 5.50. The molecule has 0 bridgehead atoms. The molecule has 1 aromatic heterocycles. The second-order valence-electron chi connectivity index (χ2n) is 7.78. The van der Waals surface area contributed by atoms with E-state index in [1.165, 1.54) is 12.5 Å². The Labute approximate surface area is 181 Å². The van der Waals surface area contributed by atoms with E-state index >= 15 is 0 Å². The number of piperidine rings is 1.